The molecule has 0 saturated carbocycles. The molecule has 3 N–H and O–H groups in total. The summed E-state index contributed by atoms with van der Waals surface area (Å²) in [5, 5.41) is 14.5. The van der Waals surface area contributed by atoms with Crippen molar-refractivity contribution in [2.75, 3.05) is 11.9 Å². The third-order valence-corrected chi connectivity index (χ3v) is 3.09. The van der Waals surface area contributed by atoms with Crippen LogP contribution in [0.25, 0.3) is 0 Å². The fourth-order valence-corrected chi connectivity index (χ4v) is 2.10. The zero-order valence-electron chi connectivity index (χ0n) is 13.0. The van der Waals surface area contributed by atoms with E-state index in [4.69, 9.17) is 10.5 Å². The zero-order valence-corrected chi connectivity index (χ0v) is 13.0. The molecule has 6 heteroatoms. The molecule has 0 amide bonds. The number of nitro groups is 1. The van der Waals surface area contributed by atoms with E-state index in [0.29, 0.717) is 12.2 Å². The van der Waals surface area contributed by atoms with E-state index < -0.39 is 4.92 Å². The van der Waals surface area contributed by atoms with E-state index >= 15 is 0 Å². The number of benzene rings is 1. The Hall–Kier alpha value is -1.82. The average Bonchev–Trinajstić information content (AvgIpc) is 2.42. The predicted octanol–water partition coefficient (Wildman–Crippen LogP) is 3.31. The van der Waals surface area contributed by atoms with Gasteiger partial charge < -0.3 is 15.8 Å². The molecule has 0 aliphatic rings. The SMILES string of the molecule is CCCCC(CN)Nc1cccc(OC(C)C)c1[N+](=O)[O-]. The van der Waals surface area contributed by atoms with Crippen molar-refractivity contribution in [3.8, 4) is 5.75 Å². The lowest BCUT2D eigenvalue weighted by Gasteiger charge is -2.19. The zero-order chi connectivity index (χ0) is 15.8. The maximum atomic E-state index is 11.4. The van der Waals surface area contributed by atoms with Gasteiger partial charge in [0.15, 0.2) is 5.75 Å². The third-order valence-electron chi connectivity index (χ3n) is 3.09. The normalized spacial score (nSPS) is 12.2. The van der Waals surface area contributed by atoms with Crippen molar-refractivity contribution in [1.29, 1.82) is 0 Å². The Kier molecular flexibility index (Phi) is 6.94. The predicted molar refractivity (Wildman–Crippen MR) is 84.9 cm³/mol. The second-order valence-corrected chi connectivity index (χ2v) is 5.30. The molecular formula is C15H25N3O3. The van der Waals surface area contributed by atoms with E-state index in [2.05, 4.69) is 12.2 Å². The number of nitrogens with zero attached hydrogens (tertiary/aromatic N) is 1. The van der Waals surface area contributed by atoms with E-state index in [1.165, 1.54) is 0 Å². The quantitative estimate of drug-likeness (QED) is 0.539. The van der Waals surface area contributed by atoms with Crippen LogP contribution in [-0.2, 0) is 0 Å². The third kappa shape index (κ3) is 5.23. The molecule has 1 rings (SSSR count). The summed E-state index contributed by atoms with van der Waals surface area (Å²) in [6, 6.07) is 5.09. The van der Waals surface area contributed by atoms with Gasteiger partial charge in [0.2, 0.25) is 0 Å². The molecule has 21 heavy (non-hydrogen) atoms. The highest BCUT2D eigenvalue weighted by Crippen LogP contribution is 2.35. The number of nitro benzene ring substituents is 1. The minimum Gasteiger partial charge on any atom is -0.484 e. The summed E-state index contributed by atoms with van der Waals surface area (Å²) < 4.78 is 5.53. The van der Waals surface area contributed by atoms with Gasteiger partial charge in [0.05, 0.1) is 11.0 Å². The van der Waals surface area contributed by atoms with Crippen LogP contribution in [0.15, 0.2) is 18.2 Å². The monoisotopic (exact) mass is 295 g/mol. The van der Waals surface area contributed by atoms with Crippen LogP contribution < -0.4 is 15.8 Å². The summed E-state index contributed by atoms with van der Waals surface area (Å²) in [6.07, 6.45) is 2.87. The molecule has 0 spiro atoms. The van der Waals surface area contributed by atoms with Gasteiger partial charge in [-0.15, -0.1) is 0 Å². The fourth-order valence-electron chi connectivity index (χ4n) is 2.10. The molecule has 1 aromatic rings. The summed E-state index contributed by atoms with van der Waals surface area (Å²) in [5.74, 6) is 0.284. The molecule has 0 heterocycles. The Bertz CT molecular complexity index is 463. The maximum absolute atomic E-state index is 11.4. The van der Waals surface area contributed by atoms with Crippen LogP contribution in [0.3, 0.4) is 0 Å². The Morgan fingerprint density at radius 3 is 2.67 bits per heavy atom. The van der Waals surface area contributed by atoms with E-state index in [1.807, 2.05) is 13.8 Å². The number of ether oxygens (including phenoxy) is 1. The molecule has 0 aromatic heterocycles. The first-order valence-corrected chi connectivity index (χ1v) is 7.40. The molecule has 6 nitrogen and oxygen atoms in total. The lowest BCUT2D eigenvalue weighted by atomic mass is 10.1. The van der Waals surface area contributed by atoms with E-state index in [-0.39, 0.29) is 23.6 Å². The van der Waals surface area contributed by atoms with E-state index in [1.54, 1.807) is 18.2 Å². The standard InChI is InChI=1S/C15H25N3O3/c1-4-5-7-12(10-16)17-13-8-6-9-14(21-11(2)3)15(13)18(19)20/h6,8-9,11-12,17H,4-5,7,10,16H2,1-3H3. The average molecular weight is 295 g/mol. The summed E-state index contributed by atoms with van der Waals surface area (Å²) in [6.45, 7) is 6.22. The van der Waals surface area contributed by atoms with Crippen LogP contribution in [0, 0.1) is 10.1 Å². The van der Waals surface area contributed by atoms with Gasteiger partial charge in [-0.3, -0.25) is 10.1 Å². The maximum Gasteiger partial charge on any atom is 0.333 e. The van der Waals surface area contributed by atoms with Gasteiger partial charge in [-0.2, -0.15) is 0 Å². The van der Waals surface area contributed by atoms with Crippen molar-refractivity contribution in [3.05, 3.63) is 28.3 Å². The molecule has 0 saturated heterocycles. The number of para-hydroxylation sites is 1. The number of nitrogens with one attached hydrogen (secondary N) is 1. The van der Waals surface area contributed by atoms with Gasteiger partial charge in [0.1, 0.15) is 5.69 Å². The molecule has 0 aliphatic heterocycles. The first-order chi connectivity index (χ1) is 9.99. The Balaban J connectivity index is 3.02. The Morgan fingerprint density at radius 2 is 2.14 bits per heavy atom. The first kappa shape index (κ1) is 17.2. The molecule has 0 fully saturated rings. The van der Waals surface area contributed by atoms with E-state index in [0.717, 1.165) is 19.3 Å². The van der Waals surface area contributed by atoms with Crippen molar-refractivity contribution in [2.24, 2.45) is 5.73 Å². The summed E-state index contributed by atoms with van der Waals surface area (Å²) in [7, 11) is 0. The van der Waals surface area contributed by atoms with Crippen LogP contribution in [0.2, 0.25) is 0 Å². The van der Waals surface area contributed by atoms with Crippen LogP contribution in [-0.4, -0.2) is 23.6 Å². The van der Waals surface area contributed by atoms with E-state index in [9.17, 15) is 10.1 Å². The second kappa shape index (κ2) is 8.46. The van der Waals surface area contributed by atoms with Crippen LogP contribution in [0.4, 0.5) is 11.4 Å². The van der Waals surface area contributed by atoms with Crippen LogP contribution in [0.5, 0.6) is 5.75 Å². The number of rotatable bonds is 9. The summed E-state index contributed by atoms with van der Waals surface area (Å²) in [5.41, 5.74) is 6.18. The highest BCUT2D eigenvalue weighted by Gasteiger charge is 2.23. The van der Waals surface area contributed by atoms with Gasteiger partial charge in [-0.25, -0.2) is 0 Å². The highest BCUT2D eigenvalue weighted by atomic mass is 16.6. The van der Waals surface area contributed by atoms with Crippen molar-refractivity contribution in [1.82, 2.24) is 0 Å². The number of unbranched alkanes of at least 4 members (excludes halogenated alkanes) is 1. The minimum absolute atomic E-state index is 0.0259. The van der Waals surface area contributed by atoms with Crippen molar-refractivity contribution in [3.63, 3.8) is 0 Å². The van der Waals surface area contributed by atoms with Gasteiger partial charge in [0.25, 0.3) is 0 Å². The number of hydrogen-bond acceptors (Lipinski definition) is 5. The first-order valence-electron chi connectivity index (χ1n) is 7.40. The lowest BCUT2D eigenvalue weighted by molar-refractivity contribution is -0.385. The van der Waals surface area contributed by atoms with Gasteiger partial charge >= 0.3 is 5.69 Å². The van der Waals surface area contributed by atoms with Gasteiger partial charge in [0, 0.05) is 12.6 Å². The number of anilines is 1. The smallest absolute Gasteiger partial charge is 0.333 e. The lowest BCUT2D eigenvalue weighted by Crippen LogP contribution is -2.29. The molecule has 0 aliphatic carbocycles. The fraction of sp³-hybridized carbons (Fsp3) is 0.600. The second-order valence-electron chi connectivity index (χ2n) is 5.30. The van der Waals surface area contributed by atoms with Gasteiger partial charge in [-0.05, 0) is 32.4 Å². The highest BCUT2D eigenvalue weighted by molar-refractivity contribution is 5.68. The number of nitrogens with two attached hydrogens (primary N) is 1. The Morgan fingerprint density at radius 1 is 1.43 bits per heavy atom. The largest absolute Gasteiger partial charge is 0.484 e. The summed E-state index contributed by atoms with van der Waals surface area (Å²) in [4.78, 5) is 11.0. The topological polar surface area (TPSA) is 90.4 Å². The molecule has 1 unspecified atom stereocenters. The Labute approximate surface area is 125 Å². The van der Waals surface area contributed by atoms with Crippen molar-refractivity contribution < 1.29 is 9.66 Å². The molecule has 1 atom stereocenters. The van der Waals surface area contributed by atoms with Gasteiger partial charge in [-0.1, -0.05) is 25.8 Å². The number of hydrogen-bond donors (Lipinski definition) is 2. The summed E-state index contributed by atoms with van der Waals surface area (Å²) >= 11 is 0. The minimum atomic E-state index is -0.409. The molecule has 1 aromatic carbocycles. The molecule has 118 valence electrons. The molecule has 0 radical (unpaired) electrons. The van der Waals surface area contributed by atoms with Crippen LogP contribution >= 0.6 is 0 Å². The molecular weight excluding hydrogens is 270 g/mol. The molecule has 0 bridgehead atoms. The van der Waals surface area contributed by atoms with Crippen molar-refractivity contribution in [2.45, 2.75) is 52.2 Å². The van der Waals surface area contributed by atoms with Crippen molar-refractivity contribution >= 4 is 11.4 Å². The van der Waals surface area contributed by atoms with Crippen LogP contribution in [0.1, 0.15) is 40.0 Å².